The van der Waals surface area contributed by atoms with E-state index in [1.54, 1.807) is 35.1 Å². The molecule has 0 radical (unpaired) electrons. The summed E-state index contributed by atoms with van der Waals surface area (Å²) < 4.78 is 83.0. The average Bonchev–Trinajstić information content (AvgIpc) is 3.15. The fourth-order valence-corrected chi connectivity index (χ4v) is 5.15. The van der Waals surface area contributed by atoms with Crippen molar-refractivity contribution in [3.63, 3.8) is 0 Å². The highest BCUT2D eigenvalue weighted by Gasteiger charge is 2.36. The largest absolute Gasteiger partial charge is 0.419 e. The standard InChI is InChI=1S/C26H17ClF4N4O4S/c1-40(38,39)34-25(37)22-21(15-6-4-8-32-24(15)36)16-10-17(26(29,30)31)18(28)11-20(16)35(22)12-14-9-13-5-2-3-7-19(13)33-23(14)27/h2-11H,12H2,1H3,(H,32,36)(H,34,37). The molecule has 0 saturated heterocycles. The highest BCUT2D eigenvalue weighted by molar-refractivity contribution is 7.89. The van der Waals surface area contributed by atoms with E-state index in [1.807, 2.05) is 0 Å². The van der Waals surface area contributed by atoms with Crippen LogP contribution < -0.4 is 10.3 Å². The van der Waals surface area contributed by atoms with Crippen LogP contribution in [0.4, 0.5) is 17.6 Å². The van der Waals surface area contributed by atoms with E-state index in [9.17, 15) is 35.6 Å². The molecule has 40 heavy (non-hydrogen) atoms. The fourth-order valence-electron chi connectivity index (χ4n) is 4.51. The number of alkyl halides is 3. The molecular formula is C26H17ClF4N4O4S. The van der Waals surface area contributed by atoms with Crippen molar-refractivity contribution in [2.45, 2.75) is 12.7 Å². The second-order valence-electron chi connectivity index (χ2n) is 8.90. The van der Waals surface area contributed by atoms with Gasteiger partial charge in [0.15, 0.2) is 0 Å². The Morgan fingerprint density at radius 3 is 2.52 bits per heavy atom. The zero-order valence-electron chi connectivity index (χ0n) is 20.3. The number of aromatic nitrogens is 3. The van der Waals surface area contributed by atoms with Gasteiger partial charge >= 0.3 is 6.18 Å². The highest BCUT2D eigenvalue weighted by Crippen LogP contribution is 2.40. The number of hydrogen-bond acceptors (Lipinski definition) is 5. The third-order valence-electron chi connectivity index (χ3n) is 6.12. The van der Waals surface area contributed by atoms with Gasteiger partial charge in [-0.15, -0.1) is 0 Å². The Balaban J connectivity index is 1.90. The number of carbonyl (C=O) groups is 1. The smallest absolute Gasteiger partial charge is 0.331 e. The lowest BCUT2D eigenvalue weighted by molar-refractivity contribution is -0.139. The summed E-state index contributed by atoms with van der Waals surface area (Å²) in [5.41, 5.74) is -2.86. The molecule has 8 nitrogen and oxygen atoms in total. The summed E-state index contributed by atoms with van der Waals surface area (Å²) in [6.07, 6.45) is -3.14. The van der Waals surface area contributed by atoms with Crippen molar-refractivity contribution in [2.24, 2.45) is 0 Å². The zero-order chi connectivity index (χ0) is 29.0. The van der Waals surface area contributed by atoms with Crippen molar-refractivity contribution in [3.8, 4) is 11.1 Å². The van der Waals surface area contributed by atoms with Crippen LogP contribution in [0.2, 0.25) is 5.15 Å². The molecule has 5 aromatic rings. The predicted molar refractivity (Wildman–Crippen MR) is 141 cm³/mol. The number of sulfonamides is 1. The molecule has 2 N–H and O–H groups in total. The highest BCUT2D eigenvalue weighted by atomic mass is 35.5. The van der Waals surface area contributed by atoms with Crippen LogP contribution in [0.5, 0.6) is 0 Å². The molecule has 206 valence electrons. The number of hydrogen-bond donors (Lipinski definition) is 2. The summed E-state index contributed by atoms with van der Waals surface area (Å²) in [6, 6.07) is 12.2. The second kappa shape index (κ2) is 9.75. The molecule has 0 aliphatic heterocycles. The number of aromatic amines is 1. The Bertz CT molecular complexity index is 2000. The van der Waals surface area contributed by atoms with E-state index in [0.29, 0.717) is 34.9 Å². The van der Waals surface area contributed by atoms with E-state index in [0.717, 1.165) is 4.57 Å². The van der Waals surface area contributed by atoms with Gasteiger partial charge in [-0.2, -0.15) is 13.2 Å². The van der Waals surface area contributed by atoms with E-state index in [-0.39, 0.29) is 33.7 Å². The van der Waals surface area contributed by atoms with Crippen molar-refractivity contribution in [1.29, 1.82) is 0 Å². The first-order valence-electron chi connectivity index (χ1n) is 11.4. The molecule has 14 heteroatoms. The van der Waals surface area contributed by atoms with Crippen molar-refractivity contribution in [2.75, 3.05) is 6.26 Å². The molecule has 3 heterocycles. The van der Waals surface area contributed by atoms with Gasteiger partial charge in [0.1, 0.15) is 16.7 Å². The van der Waals surface area contributed by atoms with Crippen LogP contribution in [0.15, 0.2) is 65.6 Å². The molecule has 0 unspecified atom stereocenters. The number of carbonyl (C=O) groups excluding carboxylic acids is 1. The first-order chi connectivity index (χ1) is 18.7. The number of para-hydroxylation sites is 1. The molecule has 0 atom stereocenters. The van der Waals surface area contributed by atoms with Gasteiger partial charge in [0.2, 0.25) is 10.0 Å². The van der Waals surface area contributed by atoms with Gasteiger partial charge in [0.05, 0.1) is 29.4 Å². The first-order valence-corrected chi connectivity index (χ1v) is 13.7. The van der Waals surface area contributed by atoms with E-state index in [1.165, 1.54) is 18.3 Å². The van der Waals surface area contributed by atoms with Crippen LogP contribution in [-0.2, 0) is 22.7 Å². The number of fused-ring (bicyclic) bond motifs is 2. The van der Waals surface area contributed by atoms with Gasteiger partial charge < -0.3 is 9.55 Å². The molecule has 0 aliphatic rings. The molecule has 0 spiro atoms. The Morgan fingerprint density at radius 2 is 1.85 bits per heavy atom. The summed E-state index contributed by atoms with van der Waals surface area (Å²) in [5.74, 6) is -2.89. The monoisotopic (exact) mass is 592 g/mol. The molecule has 1 amide bonds. The van der Waals surface area contributed by atoms with Crippen LogP contribution in [-0.4, -0.2) is 35.1 Å². The summed E-state index contributed by atoms with van der Waals surface area (Å²) >= 11 is 6.41. The first kappa shape index (κ1) is 27.3. The van der Waals surface area contributed by atoms with Gasteiger partial charge in [-0.1, -0.05) is 29.8 Å². The normalized spacial score (nSPS) is 12.2. The summed E-state index contributed by atoms with van der Waals surface area (Å²) in [4.78, 5) is 32.9. The number of H-pyrrole nitrogens is 1. The van der Waals surface area contributed by atoms with Crippen LogP contribution >= 0.6 is 11.6 Å². The molecule has 2 aromatic carbocycles. The summed E-state index contributed by atoms with van der Waals surface area (Å²) in [7, 11) is -4.18. The van der Waals surface area contributed by atoms with Gasteiger partial charge in [0, 0.05) is 33.7 Å². The maximum absolute atomic E-state index is 14.9. The maximum atomic E-state index is 14.9. The number of amides is 1. The summed E-state index contributed by atoms with van der Waals surface area (Å²) in [5, 5.41) is 0.321. The van der Waals surface area contributed by atoms with Crippen LogP contribution in [0.25, 0.3) is 32.9 Å². The minimum absolute atomic E-state index is 0.0125. The number of halogens is 5. The lowest BCUT2D eigenvalue weighted by Gasteiger charge is -2.14. The van der Waals surface area contributed by atoms with Crippen LogP contribution in [0.1, 0.15) is 21.6 Å². The zero-order valence-corrected chi connectivity index (χ0v) is 21.9. The number of benzene rings is 2. The molecule has 5 rings (SSSR count). The third kappa shape index (κ3) is 5.05. The number of nitrogens with one attached hydrogen (secondary N) is 2. The van der Waals surface area contributed by atoms with E-state index in [4.69, 9.17) is 11.6 Å². The van der Waals surface area contributed by atoms with Gasteiger partial charge in [-0.3, -0.25) is 9.59 Å². The van der Waals surface area contributed by atoms with E-state index < -0.39 is 44.7 Å². The fraction of sp³-hybridized carbons (Fsp3) is 0.115. The minimum atomic E-state index is -5.11. The summed E-state index contributed by atoms with van der Waals surface area (Å²) in [6.45, 7) is -0.338. The number of rotatable bonds is 5. The topological polar surface area (TPSA) is 114 Å². The minimum Gasteiger partial charge on any atom is -0.331 e. The van der Waals surface area contributed by atoms with Crippen molar-refractivity contribution < 1.29 is 30.8 Å². The Labute approximate surface area is 228 Å². The number of nitrogens with zero attached hydrogens (tertiary/aromatic N) is 2. The molecule has 0 bridgehead atoms. The third-order valence-corrected chi connectivity index (χ3v) is 7.00. The maximum Gasteiger partial charge on any atom is 0.419 e. The quantitative estimate of drug-likeness (QED) is 0.218. The molecule has 3 aromatic heterocycles. The van der Waals surface area contributed by atoms with Crippen molar-refractivity contribution >= 4 is 49.3 Å². The Kier molecular flexibility index (Phi) is 6.66. The van der Waals surface area contributed by atoms with Gasteiger partial charge in [0.25, 0.3) is 11.5 Å². The lowest BCUT2D eigenvalue weighted by atomic mass is 10.0. The van der Waals surface area contributed by atoms with Crippen LogP contribution in [0.3, 0.4) is 0 Å². The SMILES string of the molecule is CS(=O)(=O)NC(=O)c1c(-c2ccc[nH]c2=O)c2cc(C(F)(F)F)c(F)cc2n1Cc1cc2ccccc2nc1Cl. The molecule has 0 aliphatic carbocycles. The molecule has 0 saturated carbocycles. The van der Waals surface area contributed by atoms with E-state index >= 15 is 0 Å². The molecular weight excluding hydrogens is 576 g/mol. The Morgan fingerprint density at radius 1 is 1.12 bits per heavy atom. The second-order valence-corrected chi connectivity index (χ2v) is 11.0. The van der Waals surface area contributed by atoms with E-state index in [2.05, 4.69) is 9.97 Å². The van der Waals surface area contributed by atoms with Gasteiger partial charge in [-0.25, -0.2) is 22.5 Å². The average molecular weight is 593 g/mol. The van der Waals surface area contributed by atoms with Crippen molar-refractivity contribution in [3.05, 3.63) is 98.9 Å². The lowest BCUT2D eigenvalue weighted by Crippen LogP contribution is -2.32. The van der Waals surface area contributed by atoms with Gasteiger partial charge in [-0.05, 0) is 36.4 Å². The Hall–Kier alpha value is -4.23. The van der Waals surface area contributed by atoms with Crippen molar-refractivity contribution in [1.82, 2.24) is 19.3 Å². The van der Waals surface area contributed by atoms with Crippen LogP contribution in [0, 0.1) is 5.82 Å². The molecule has 0 fully saturated rings. The predicted octanol–water partition coefficient (Wildman–Crippen LogP) is 5.09. The number of pyridine rings is 2.